The summed E-state index contributed by atoms with van der Waals surface area (Å²) < 4.78 is 14.6. The van der Waals surface area contributed by atoms with Crippen LogP contribution in [0.3, 0.4) is 0 Å². The monoisotopic (exact) mass is 800 g/mol. The first kappa shape index (κ1) is 40.0. The number of methoxy groups -OCH3 is 1. The van der Waals surface area contributed by atoms with Crippen LogP contribution < -0.4 is 0 Å². The summed E-state index contributed by atoms with van der Waals surface area (Å²) in [6.45, 7) is 14.1. The van der Waals surface area contributed by atoms with E-state index in [9.17, 15) is 9.90 Å². The average Bonchev–Trinajstić information content (AvgIpc) is 3.02. The summed E-state index contributed by atoms with van der Waals surface area (Å²) in [6.07, 6.45) is 18.3. The van der Waals surface area contributed by atoms with Gasteiger partial charge < -0.3 is 0 Å². The zero-order valence-electron chi connectivity index (χ0n) is 28.8. The molecule has 0 heterocycles. The summed E-state index contributed by atoms with van der Waals surface area (Å²) in [5, 5.41) is 12.2. The fourth-order valence-corrected chi connectivity index (χ4v) is 86.9. The van der Waals surface area contributed by atoms with Gasteiger partial charge in [0.1, 0.15) is 0 Å². The van der Waals surface area contributed by atoms with Crippen molar-refractivity contribution in [1.29, 1.82) is 0 Å². The van der Waals surface area contributed by atoms with Crippen molar-refractivity contribution in [3.63, 3.8) is 0 Å². The van der Waals surface area contributed by atoms with Crippen LogP contribution in [0.5, 0.6) is 0 Å². The molecule has 0 aliphatic heterocycles. The van der Waals surface area contributed by atoms with Crippen LogP contribution in [-0.2, 0) is 9.53 Å². The third-order valence-electron chi connectivity index (χ3n) is 9.97. The molecule has 0 spiro atoms. The van der Waals surface area contributed by atoms with E-state index in [2.05, 4.69) is 53.7 Å². The van der Waals surface area contributed by atoms with Crippen LogP contribution >= 0.6 is 0 Å². The van der Waals surface area contributed by atoms with Gasteiger partial charge in [0, 0.05) is 0 Å². The predicted octanol–water partition coefficient (Wildman–Crippen LogP) is 11.5. The second-order valence-electron chi connectivity index (χ2n) is 13.1. The molecule has 0 amide bonds. The van der Waals surface area contributed by atoms with Crippen LogP contribution in [0.4, 0.5) is 0 Å². The van der Waals surface area contributed by atoms with Crippen LogP contribution in [0, 0.1) is 5.92 Å². The third kappa shape index (κ3) is 12.8. The Morgan fingerprint density at radius 2 is 1.05 bits per heavy atom. The molecule has 5 heteroatoms. The summed E-state index contributed by atoms with van der Waals surface area (Å²) in [5.41, 5.74) is 1.08. The number of hydrogen-bond acceptors (Lipinski definition) is 3. The molecule has 0 aliphatic carbocycles. The summed E-state index contributed by atoms with van der Waals surface area (Å²) in [4.78, 5) is 14.2. The fourth-order valence-electron chi connectivity index (χ4n) is 7.77. The molecule has 0 radical (unpaired) electrons. The molecule has 0 aliphatic rings. The van der Waals surface area contributed by atoms with Crippen molar-refractivity contribution in [2.45, 2.75) is 153 Å². The molecule has 2 atom stereocenters. The zero-order valence-corrected chi connectivity index (χ0v) is 34.5. The maximum absolute atomic E-state index is 14.2. The zero-order chi connectivity index (χ0) is 31.3. The quantitative estimate of drug-likeness (QED) is 0.0792. The van der Waals surface area contributed by atoms with Gasteiger partial charge in [-0.05, 0) is 0 Å². The molecule has 0 fully saturated rings. The van der Waals surface area contributed by atoms with Crippen molar-refractivity contribution in [2.75, 3.05) is 7.11 Å². The summed E-state index contributed by atoms with van der Waals surface area (Å²) in [6, 6.07) is 10.3. The molecule has 0 saturated heterocycles. The number of esters is 1. The van der Waals surface area contributed by atoms with E-state index < -0.39 is 48.8 Å². The number of benzene rings is 1. The first-order valence-corrected chi connectivity index (χ1v) is 33.2. The van der Waals surface area contributed by atoms with Gasteiger partial charge in [0.05, 0.1) is 0 Å². The molecule has 0 bridgehead atoms. The number of aliphatic hydroxyl groups excluding tert-OH is 1. The predicted molar refractivity (Wildman–Crippen MR) is 191 cm³/mol. The van der Waals surface area contributed by atoms with Crippen molar-refractivity contribution >= 4 is 48.8 Å². The van der Waals surface area contributed by atoms with E-state index in [1.54, 1.807) is 7.11 Å². The Bertz CT molecular complexity index is 765. The molecule has 0 unspecified atom stereocenters. The Morgan fingerprint density at radius 1 is 0.690 bits per heavy atom. The molecule has 1 N–H and O–H groups in total. The molecule has 242 valence electrons. The fraction of sp³-hybridized carbons (Fsp3) is 0.757. The molecule has 0 aromatic heterocycles. The van der Waals surface area contributed by atoms with Gasteiger partial charge in [-0.15, -0.1) is 0 Å². The molecule has 1 rings (SSSR count). The first-order chi connectivity index (χ1) is 20.3. The van der Waals surface area contributed by atoms with Crippen molar-refractivity contribution in [3.05, 3.63) is 42.0 Å². The molecule has 3 nitrogen and oxygen atoms in total. The molecule has 1 aromatic carbocycles. The second-order valence-corrected chi connectivity index (χ2v) is 45.5. The van der Waals surface area contributed by atoms with Gasteiger partial charge in [0.15, 0.2) is 0 Å². The SMILES string of the molecule is CCC[CH2][Sn]([CH2]CCC)([CH2]CCC)[CH]([C@@H](C(=O)OC)[C@H](O)/C=C/c1ccccc1)[Sn]([CH2]CCC)([CH2]CCC)[CH2]CCC. The van der Waals surface area contributed by atoms with E-state index in [1.807, 2.05) is 30.4 Å². The Balaban J connectivity index is 4.09. The van der Waals surface area contributed by atoms with Gasteiger partial charge in [0.25, 0.3) is 0 Å². The molecular weight excluding hydrogens is 730 g/mol. The Kier molecular flexibility index (Phi) is 22.2. The average molecular weight is 798 g/mol. The van der Waals surface area contributed by atoms with Crippen LogP contribution in [0.25, 0.3) is 6.08 Å². The summed E-state index contributed by atoms with van der Waals surface area (Å²) >= 11 is -6.10. The van der Waals surface area contributed by atoms with Crippen LogP contribution in [-0.4, -0.2) is 61.0 Å². The number of ether oxygens (including phenoxy) is 1. The molecular formula is C37H68O3Sn2. The van der Waals surface area contributed by atoms with Crippen molar-refractivity contribution in [1.82, 2.24) is 0 Å². The Labute approximate surface area is 269 Å². The number of carbonyl (C=O) groups excluding carboxylic acids is 1. The van der Waals surface area contributed by atoms with Gasteiger partial charge >= 0.3 is 272 Å². The van der Waals surface area contributed by atoms with Crippen molar-refractivity contribution in [3.8, 4) is 0 Å². The first-order valence-electron chi connectivity index (χ1n) is 17.8. The van der Waals surface area contributed by atoms with Gasteiger partial charge in [-0.25, -0.2) is 0 Å². The van der Waals surface area contributed by atoms with E-state index in [0.29, 0.717) is 1.95 Å². The standard InChI is InChI=1S/C13H14O3.6C4H9.2Sn/c1-10(13(15)16-2)12(14)9-8-11-6-4-3-5-7-11;6*1-3-4-2;;/h1,3-10,12,14H,2H3;6*1,3-4H2,2H3;;/b9-8+;;;;;;;;/t10-,12-;;;;;;;;/m1......../s1. The topological polar surface area (TPSA) is 46.5 Å². The minimum atomic E-state index is -3.05. The van der Waals surface area contributed by atoms with Crippen LogP contribution in [0.15, 0.2) is 36.4 Å². The van der Waals surface area contributed by atoms with Gasteiger partial charge in [0.2, 0.25) is 0 Å². The normalized spacial score (nSPS) is 14.0. The number of hydrogen-bond donors (Lipinski definition) is 1. The number of unbranched alkanes of at least 4 members (excludes halogenated alkanes) is 6. The van der Waals surface area contributed by atoms with E-state index in [-0.39, 0.29) is 5.97 Å². The van der Waals surface area contributed by atoms with Gasteiger partial charge in [-0.2, -0.15) is 0 Å². The van der Waals surface area contributed by atoms with Crippen molar-refractivity contribution < 1.29 is 14.6 Å². The molecule has 1 aromatic rings. The second kappa shape index (κ2) is 23.3. The molecule has 42 heavy (non-hydrogen) atoms. The van der Waals surface area contributed by atoms with E-state index in [0.717, 1.165) is 5.56 Å². The molecule has 0 saturated carbocycles. The third-order valence-corrected chi connectivity index (χ3v) is 66.1. The van der Waals surface area contributed by atoms with Crippen LogP contribution in [0.2, 0.25) is 28.6 Å². The Hall–Kier alpha value is -0.0126. The van der Waals surface area contributed by atoms with Crippen LogP contribution in [0.1, 0.15) is 124 Å². The number of rotatable bonds is 25. The number of carbonyl (C=O) groups is 1. The van der Waals surface area contributed by atoms with Gasteiger partial charge in [-0.1, -0.05) is 0 Å². The van der Waals surface area contributed by atoms with Gasteiger partial charge in [-0.3, -0.25) is 0 Å². The van der Waals surface area contributed by atoms with E-state index in [4.69, 9.17) is 4.74 Å². The van der Waals surface area contributed by atoms with Crippen molar-refractivity contribution in [2.24, 2.45) is 5.92 Å². The van der Waals surface area contributed by atoms with E-state index >= 15 is 0 Å². The van der Waals surface area contributed by atoms with E-state index in [1.165, 1.54) is 104 Å². The Morgan fingerprint density at radius 3 is 1.36 bits per heavy atom. The maximum atomic E-state index is 14.2. The minimum absolute atomic E-state index is 0.124. The summed E-state index contributed by atoms with van der Waals surface area (Å²) in [5.74, 6) is -0.515. The number of aliphatic hydroxyl groups is 1. The summed E-state index contributed by atoms with van der Waals surface area (Å²) in [7, 11) is 1.57.